The van der Waals surface area contributed by atoms with Crippen molar-refractivity contribution in [3.05, 3.63) is 149 Å². The predicted molar refractivity (Wildman–Crippen MR) is 154 cm³/mol. The zero-order valence-corrected chi connectivity index (χ0v) is 21.5. The van der Waals surface area contributed by atoms with Crippen molar-refractivity contribution in [2.75, 3.05) is 0 Å². The normalized spacial score (nSPS) is 11.1. The molecule has 1 amide bonds. The van der Waals surface area contributed by atoms with E-state index >= 15 is 0 Å². The van der Waals surface area contributed by atoms with Crippen molar-refractivity contribution in [1.82, 2.24) is 9.72 Å². The summed E-state index contributed by atoms with van der Waals surface area (Å²) in [6.45, 7) is 0.262. The third-order valence-corrected chi connectivity index (χ3v) is 7.10. The minimum absolute atomic E-state index is 0.198. The molecule has 0 spiro atoms. The number of carboxylic acid groups (broad SMARTS) is 1. The van der Waals surface area contributed by atoms with Crippen molar-refractivity contribution in [2.24, 2.45) is 0 Å². The first kappa shape index (κ1) is 25.1. The van der Waals surface area contributed by atoms with E-state index in [0.717, 1.165) is 44.1 Å². The molecule has 0 bridgehead atoms. The van der Waals surface area contributed by atoms with Crippen LogP contribution in [0.25, 0.3) is 27.4 Å². The minimum atomic E-state index is -0.991. The molecule has 2 N–H and O–H groups in total. The van der Waals surface area contributed by atoms with Crippen LogP contribution in [0.2, 0.25) is 0 Å². The maximum absolute atomic E-state index is 13.6. The average Bonchev–Trinajstić information content (AvgIpc) is 3.38. The van der Waals surface area contributed by atoms with Gasteiger partial charge < -0.3 is 14.8 Å². The van der Waals surface area contributed by atoms with Crippen LogP contribution in [-0.2, 0) is 13.0 Å². The van der Waals surface area contributed by atoms with Crippen LogP contribution in [0.3, 0.4) is 0 Å². The standard InChI is InChI=1S/C34H25FN2O3/c35-30-13-12-26-16-23(8-11-27(26)18-30)17-28-14-15-37-21-29(24-4-2-1-3-5-24)19-31(32(28)37)33(38)36-20-22-6-9-25(10-7-22)34(39)40/h1-16,18-19,21H,17,20H2,(H,36,38)(H,39,40). The zero-order chi connectivity index (χ0) is 27.6. The van der Waals surface area contributed by atoms with E-state index in [-0.39, 0.29) is 23.8 Å². The Morgan fingerprint density at radius 1 is 0.775 bits per heavy atom. The van der Waals surface area contributed by atoms with Gasteiger partial charge in [-0.1, -0.05) is 66.7 Å². The van der Waals surface area contributed by atoms with Gasteiger partial charge in [-0.15, -0.1) is 0 Å². The molecule has 2 aromatic heterocycles. The van der Waals surface area contributed by atoms with E-state index in [0.29, 0.717) is 12.0 Å². The van der Waals surface area contributed by atoms with E-state index in [2.05, 4.69) is 11.4 Å². The molecule has 196 valence electrons. The maximum Gasteiger partial charge on any atom is 0.335 e. The minimum Gasteiger partial charge on any atom is -0.478 e. The van der Waals surface area contributed by atoms with Gasteiger partial charge in [0.25, 0.3) is 5.91 Å². The van der Waals surface area contributed by atoms with Gasteiger partial charge in [0.05, 0.1) is 16.6 Å². The van der Waals surface area contributed by atoms with Crippen LogP contribution in [0.5, 0.6) is 0 Å². The smallest absolute Gasteiger partial charge is 0.335 e. The van der Waals surface area contributed by atoms with Crippen LogP contribution in [0.1, 0.15) is 37.4 Å². The number of benzene rings is 4. The Kier molecular flexibility index (Phi) is 6.58. The van der Waals surface area contributed by atoms with Gasteiger partial charge in [-0.25, -0.2) is 9.18 Å². The molecule has 40 heavy (non-hydrogen) atoms. The van der Waals surface area contributed by atoms with E-state index in [4.69, 9.17) is 5.11 Å². The lowest BCUT2D eigenvalue weighted by Crippen LogP contribution is -2.23. The molecule has 2 heterocycles. The summed E-state index contributed by atoms with van der Waals surface area (Å²) < 4.78 is 15.6. The molecule has 0 aliphatic heterocycles. The van der Waals surface area contributed by atoms with E-state index in [1.54, 1.807) is 18.2 Å². The summed E-state index contributed by atoms with van der Waals surface area (Å²) in [6, 6.07) is 31.0. The number of carboxylic acids is 1. The number of carbonyl (C=O) groups is 2. The van der Waals surface area contributed by atoms with E-state index in [1.165, 1.54) is 24.3 Å². The lowest BCUT2D eigenvalue weighted by molar-refractivity contribution is 0.0696. The molecule has 6 rings (SSSR count). The largest absolute Gasteiger partial charge is 0.478 e. The Morgan fingerprint density at radius 2 is 1.50 bits per heavy atom. The molecule has 4 aromatic carbocycles. The number of rotatable bonds is 7. The van der Waals surface area contributed by atoms with Crippen LogP contribution < -0.4 is 5.32 Å². The second kappa shape index (κ2) is 10.5. The molecule has 0 saturated heterocycles. The highest BCUT2D eigenvalue weighted by molar-refractivity contribution is 6.03. The van der Waals surface area contributed by atoms with Crippen molar-refractivity contribution >= 4 is 28.2 Å². The number of carbonyl (C=O) groups excluding carboxylic acids is 1. The van der Waals surface area contributed by atoms with Crippen LogP contribution in [0, 0.1) is 5.82 Å². The summed E-state index contributed by atoms with van der Waals surface area (Å²) in [5.41, 5.74) is 6.34. The first-order chi connectivity index (χ1) is 19.4. The molecule has 6 heteroatoms. The van der Waals surface area contributed by atoms with Crippen LogP contribution in [0.15, 0.2) is 116 Å². The summed E-state index contributed by atoms with van der Waals surface area (Å²) >= 11 is 0. The number of pyridine rings is 1. The first-order valence-corrected chi connectivity index (χ1v) is 12.9. The van der Waals surface area contributed by atoms with Crippen molar-refractivity contribution < 1.29 is 19.1 Å². The van der Waals surface area contributed by atoms with Gasteiger partial charge in [0.2, 0.25) is 0 Å². The zero-order valence-electron chi connectivity index (χ0n) is 21.5. The van der Waals surface area contributed by atoms with Crippen molar-refractivity contribution in [2.45, 2.75) is 13.0 Å². The quantitative estimate of drug-likeness (QED) is 0.232. The third kappa shape index (κ3) is 5.07. The molecule has 0 aliphatic carbocycles. The van der Waals surface area contributed by atoms with Crippen LogP contribution in [0.4, 0.5) is 4.39 Å². The molecule has 0 atom stereocenters. The fourth-order valence-corrected chi connectivity index (χ4v) is 5.06. The number of hydrogen-bond acceptors (Lipinski definition) is 2. The molecule has 0 radical (unpaired) electrons. The monoisotopic (exact) mass is 528 g/mol. The van der Waals surface area contributed by atoms with Gasteiger partial charge in [-0.2, -0.15) is 0 Å². The second-order valence-corrected chi connectivity index (χ2v) is 9.79. The fourth-order valence-electron chi connectivity index (χ4n) is 5.06. The van der Waals surface area contributed by atoms with Crippen LogP contribution in [-0.4, -0.2) is 21.4 Å². The lowest BCUT2D eigenvalue weighted by Gasteiger charge is -2.13. The molecule has 0 unspecified atom stereocenters. The number of fused-ring (bicyclic) bond motifs is 2. The highest BCUT2D eigenvalue weighted by Crippen LogP contribution is 2.28. The summed E-state index contributed by atoms with van der Waals surface area (Å²) in [7, 11) is 0. The topological polar surface area (TPSA) is 70.8 Å². The van der Waals surface area contributed by atoms with Crippen LogP contribution >= 0.6 is 0 Å². The summed E-state index contributed by atoms with van der Waals surface area (Å²) in [6.07, 6.45) is 4.60. The molecule has 0 saturated carbocycles. The highest BCUT2D eigenvalue weighted by atomic mass is 19.1. The molecule has 6 aromatic rings. The fraction of sp³-hybridized carbons (Fsp3) is 0.0588. The number of aromatic nitrogens is 1. The Hall–Kier alpha value is -5.23. The van der Waals surface area contributed by atoms with Crippen molar-refractivity contribution in [3.8, 4) is 11.1 Å². The Balaban J connectivity index is 1.36. The number of halogens is 1. The Labute approximate surface area is 230 Å². The number of amides is 1. The molecule has 0 fully saturated rings. The third-order valence-electron chi connectivity index (χ3n) is 7.10. The van der Waals surface area contributed by atoms with E-state index in [9.17, 15) is 14.0 Å². The van der Waals surface area contributed by atoms with Crippen molar-refractivity contribution in [3.63, 3.8) is 0 Å². The summed E-state index contributed by atoms with van der Waals surface area (Å²) in [5.74, 6) is -1.48. The first-order valence-electron chi connectivity index (χ1n) is 12.9. The SMILES string of the molecule is O=C(O)c1ccc(CNC(=O)c2cc(-c3ccccc3)cn3ccc(Cc4ccc5cc(F)ccc5c4)c23)cc1. The van der Waals surface area contributed by atoms with Gasteiger partial charge in [-0.3, -0.25) is 4.79 Å². The van der Waals surface area contributed by atoms with E-state index in [1.807, 2.05) is 71.4 Å². The number of nitrogens with one attached hydrogen (secondary N) is 1. The summed E-state index contributed by atoms with van der Waals surface area (Å²) in [4.78, 5) is 24.8. The van der Waals surface area contributed by atoms with Gasteiger partial charge in [0.1, 0.15) is 5.82 Å². The molecular weight excluding hydrogens is 503 g/mol. The molecule has 0 aliphatic rings. The molecular formula is C34H25FN2O3. The van der Waals surface area contributed by atoms with E-state index < -0.39 is 5.97 Å². The second-order valence-electron chi connectivity index (χ2n) is 9.79. The lowest BCUT2D eigenvalue weighted by atomic mass is 9.99. The average molecular weight is 529 g/mol. The van der Waals surface area contributed by atoms with Crippen molar-refractivity contribution in [1.29, 1.82) is 0 Å². The maximum atomic E-state index is 13.6. The van der Waals surface area contributed by atoms with Gasteiger partial charge in [0, 0.05) is 18.9 Å². The number of nitrogens with zero attached hydrogens (tertiary/aromatic N) is 1. The summed E-state index contributed by atoms with van der Waals surface area (Å²) in [5, 5.41) is 14.0. The number of hydrogen-bond donors (Lipinski definition) is 2. The van der Waals surface area contributed by atoms with Gasteiger partial charge >= 0.3 is 5.97 Å². The van der Waals surface area contributed by atoms with Gasteiger partial charge in [-0.05, 0) is 81.4 Å². The van der Waals surface area contributed by atoms with Gasteiger partial charge in [0.15, 0.2) is 0 Å². The highest BCUT2D eigenvalue weighted by Gasteiger charge is 2.17. The predicted octanol–water partition coefficient (Wildman–Crippen LogP) is 7.12. The molecule has 5 nitrogen and oxygen atoms in total. The Bertz CT molecular complexity index is 1880. The number of aromatic carboxylic acids is 1. The Morgan fingerprint density at radius 3 is 2.27 bits per heavy atom.